The highest BCUT2D eigenvalue weighted by molar-refractivity contribution is 9.10. The molecule has 37 heavy (non-hydrogen) atoms. The number of halogens is 1. The number of allylic oxidation sites excluding steroid dienone is 1. The number of rotatable bonds is 7. The van der Waals surface area contributed by atoms with Crippen molar-refractivity contribution in [2.75, 3.05) is 13.7 Å². The molecule has 0 fully saturated rings. The number of phenols is 1. The summed E-state index contributed by atoms with van der Waals surface area (Å²) in [5.74, 6) is 0.290. The quantitative estimate of drug-likeness (QED) is 0.419. The fourth-order valence-electron chi connectivity index (χ4n) is 4.13. The number of ether oxygens (including phenoxy) is 3. The molecule has 0 saturated carbocycles. The van der Waals surface area contributed by atoms with E-state index in [0.29, 0.717) is 36.4 Å². The molecule has 0 amide bonds. The monoisotopic (exact) mass is 586 g/mol. The van der Waals surface area contributed by atoms with Crippen LogP contribution in [0.5, 0.6) is 17.2 Å². The van der Waals surface area contributed by atoms with Gasteiger partial charge in [-0.2, -0.15) is 0 Å². The number of fused-ring (bicyclic) bond motifs is 1. The highest BCUT2D eigenvalue weighted by Crippen LogP contribution is 2.36. The molecule has 0 radical (unpaired) electrons. The molecule has 1 aromatic heterocycles. The summed E-state index contributed by atoms with van der Waals surface area (Å²) in [6.45, 7) is 7.49. The fourth-order valence-corrected chi connectivity index (χ4v) is 5.61. The minimum absolute atomic E-state index is 0.0237. The van der Waals surface area contributed by atoms with Crippen LogP contribution in [0, 0.1) is 0 Å². The molecule has 1 N–H and O–H groups in total. The van der Waals surface area contributed by atoms with Crippen LogP contribution in [-0.4, -0.2) is 35.5 Å². The average molecular weight is 587 g/mol. The number of thiazole rings is 1. The third-order valence-electron chi connectivity index (χ3n) is 5.68. The molecule has 3 aromatic rings. The van der Waals surface area contributed by atoms with Gasteiger partial charge < -0.3 is 19.3 Å². The summed E-state index contributed by atoms with van der Waals surface area (Å²) in [5, 5.41) is 10.1. The third-order valence-corrected chi connectivity index (χ3v) is 7.35. The van der Waals surface area contributed by atoms with Crippen molar-refractivity contribution in [1.29, 1.82) is 0 Å². The standard InChI is InChI=1S/C27H27BrN2O6S/c1-6-35-26(33)23-15(4)29-27-30(24(23)17-9-7-8-10-20(17)36-14(2)3)25(32)22(37-27)12-16-11-21(34-5)19(31)13-18(16)28/h7-14,24,31H,6H2,1-5H3/b22-12-/t24-/m1/s1. The molecule has 4 rings (SSSR count). The molecule has 10 heteroatoms. The minimum atomic E-state index is -0.787. The molecule has 0 saturated heterocycles. The summed E-state index contributed by atoms with van der Waals surface area (Å²) in [6.07, 6.45) is 1.59. The van der Waals surface area contributed by atoms with Gasteiger partial charge in [0.15, 0.2) is 16.3 Å². The molecule has 8 nitrogen and oxygen atoms in total. The van der Waals surface area contributed by atoms with Crippen molar-refractivity contribution in [3.05, 3.63) is 83.0 Å². The van der Waals surface area contributed by atoms with Crippen LogP contribution in [0.15, 0.2) is 61.9 Å². The number of phenolic OH excluding ortho intramolecular Hbond substituents is 1. The number of hydrogen-bond acceptors (Lipinski definition) is 8. The van der Waals surface area contributed by atoms with Crippen LogP contribution in [0.3, 0.4) is 0 Å². The van der Waals surface area contributed by atoms with E-state index in [2.05, 4.69) is 20.9 Å². The van der Waals surface area contributed by atoms with Gasteiger partial charge in [-0.05, 0) is 57.5 Å². The van der Waals surface area contributed by atoms with E-state index in [1.807, 2.05) is 38.1 Å². The molecule has 194 valence electrons. The van der Waals surface area contributed by atoms with Crippen molar-refractivity contribution in [3.8, 4) is 17.2 Å². The zero-order valence-corrected chi connectivity index (χ0v) is 23.5. The normalized spacial score (nSPS) is 15.4. The van der Waals surface area contributed by atoms with E-state index in [4.69, 9.17) is 14.2 Å². The Labute approximate surface area is 226 Å². The van der Waals surface area contributed by atoms with Crippen molar-refractivity contribution < 1.29 is 24.1 Å². The lowest BCUT2D eigenvalue weighted by Gasteiger charge is -2.26. The fraction of sp³-hybridized carbons (Fsp3) is 0.296. The van der Waals surface area contributed by atoms with E-state index in [-0.39, 0.29) is 35.3 Å². The van der Waals surface area contributed by atoms with E-state index in [1.54, 1.807) is 26.0 Å². The Kier molecular flexibility index (Phi) is 7.89. The largest absolute Gasteiger partial charge is 0.504 e. The Hall–Kier alpha value is -3.37. The maximum atomic E-state index is 13.9. The molecule has 1 aliphatic heterocycles. The van der Waals surface area contributed by atoms with Gasteiger partial charge in [0.05, 0.1) is 35.6 Å². The van der Waals surface area contributed by atoms with Gasteiger partial charge in [-0.1, -0.05) is 45.5 Å². The molecule has 1 aliphatic rings. The predicted molar refractivity (Wildman–Crippen MR) is 145 cm³/mol. The lowest BCUT2D eigenvalue weighted by atomic mass is 9.95. The Bertz CT molecular complexity index is 1570. The van der Waals surface area contributed by atoms with Crippen molar-refractivity contribution >= 4 is 39.3 Å². The Morgan fingerprint density at radius 2 is 2.00 bits per heavy atom. The lowest BCUT2D eigenvalue weighted by Crippen LogP contribution is -2.40. The number of para-hydroxylation sites is 1. The minimum Gasteiger partial charge on any atom is -0.504 e. The van der Waals surface area contributed by atoms with Crippen molar-refractivity contribution in [3.63, 3.8) is 0 Å². The van der Waals surface area contributed by atoms with Gasteiger partial charge in [0.2, 0.25) is 0 Å². The number of hydrogen-bond donors (Lipinski definition) is 1. The van der Waals surface area contributed by atoms with Gasteiger partial charge in [0, 0.05) is 10.0 Å². The van der Waals surface area contributed by atoms with Gasteiger partial charge in [0.1, 0.15) is 11.8 Å². The Morgan fingerprint density at radius 1 is 1.27 bits per heavy atom. The second-order valence-corrected chi connectivity index (χ2v) is 10.4. The molecule has 2 heterocycles. The summed E-state index contributed by atoms with van der Waals surface area (Å²) in [4.78, 5) is 32.1. The molecule has 2 aromatic carbocycles. The molecular weight excluding hydrogens is 560 g/mol. The zero-order chi connectivity index (χ0) is 26.9. The van der Waals surface area contributed by atoms with Crippen LogP contribution in [-0.2, 0) is 9.53 Å². The zero-order valence-electron chi connectivity index (χ0n) is 21.1. The van der Waals surface area contributed by atoms with Gasteiger partial charge in [-0.25, -0.2) is 9.79 Å². The number of aromatic hydroxyl groups is 1. The van der Waals surface area contributed by atoms with Crippen LogP contribution < -0.4 is 24.4 Å². The summed E-state index contributed by atoms with van der Waals surface area (Å²) in [5.41, 5.74) is 1.74. The van der Waals surface area contributed by atoms with E-state index in [9.17, 15) is 14.7 Å². The first kappa shape index (κ1) is 26.7. The number of aromatic nitrogens is 1. The first-order valence-electron chi connectivity index (χ1n) is 11.7. The highest BCUT2D eigenvalue weighted by Gasteiger charge is 2.35. The van der Waals surface area contributed by atoms with Crippen LogP contribution in [0.2, 0.25) is 0 Å². The van der Waals surface area contributed by atoms with Crippen LogP contribution in [0.25, 0.3) is 6.08 Å². The predicted octanol–water partition coefficient (Wildman–Crippen LogP) is 4.06. The summed E-state index contributed by atoms with van der Waals surface area (Å²) in [6, 6.07) is 9.72. The van der Waals surface area contributed by atoms with Gasteiger partial charge in [-0.3, -0.25) is 9.36 Å². The maximum Gasteiger partial charge on any atom is 0.338 e. The van der Waals surface area contributed by atoms with Crippen LogP contribution >= 0.6 is 27.3 Å². The number of methoxy groups -OCH3 is 1. The van der Waals surface area contributed by atoms with Crippen molar-refractivity contribution in [2.45, 2.75) is 39.8 Å². The average Bonchev–Trinajstić information content (AvgIpc) is 3.14. The van der Waals surface area contributed by atoms with Crippen LogP contribution in [0.1, 0.15) is 44.9 Å². The van der Waals surface area contributed by atoms with E-state index >= 15 is 0 Å². The van der Waals surface area contributed by atoms with E-state index < -0.39 is 12.0 Å². The molecule has 0 aliphatic carbocycles. The van der Waals surface area contributed by atoms with E-state index in [1.165, 1.54) is 29.1 Å². The number of nitrogens with zero attached hydrogens (tertiary/aromatic N) is 2. The first-order valence-corrected chi connectivity index (χ1v) is 13.3. The topological polar surface area (TPSA) is 99.4 Å². The Morgan fingerprint density at radius 3 is 2.68 bits per heavy atom. The number of esters is 1. The van der Waals surface area contributed by atoms with Crippen LogP contribution in [0.4, 0.5) is 0 Å². The first-order chi connectivity index (χ1) is 17.7. The second kappa shape index (κ2) is 10.9. The summed E-state index contributed by atoms with van der Waals surface area (Å²) in [7, 11) is 1.46. The molecular formula is C27H27BrN2O6S. The number of carbonyl (C=O) groups excluding carboxylic acids is 1. The molecule has 0 bridgehead atoms. The van der Waals surface area contributed by atoms with Crippen molar-refractivity contribution in [1.82, 2.24) is 4.57 Å². The molecule has 0 unspecified atom stereocenters. The second-order valence-electron chi connectivity index (χ2n) is 8.55. The number of benzene rings is 2. The van der Waals surface area contributed by atoms with Gasteiger partial charge >= 0.3 is 5.97 Å². The maximum absolute atomic E-state index is 13.9. The van der Waals surface area contributed by atoms with Gasteiger partial charge in [0.25, 0.3) is 5.56 Å². The molecule has 1 atom stereocenters. The van der Waals surface area contributed by atoms with E-state index in [0.717, 1.165) is 0 Å². The smallest absolute Gasteiger partial charge is 0.338 e. The highest BCUT2D eigenvalue weighted by atomic mass is 79.9. The summed E-state index contributed by atoms with van der Waals surface area (Å²) >= 11 is 4.65. The summed E-state index contributed by atoms with van der Waals surface area (Å²) < 4.78 is 19.2. The Balaban J connectivity index is 1.99. The number of carbonyl (C=O) groups is 1. The SMILES string of the molecule is CCOC(=O)C1=C(C)N=c2s/c(=C\c3cc(OC)c(O)cc3Br)c(=O)n2[C@@H]1c1ccccc1OC(C)C. The third kappa shape index (κ3) is 5.21. The van der Waals surface area contributed by atoms with Crippen molar-refractivity contribution in [2.24, 2.45) is 4.99 Å². The lowest BCUT2D eigenvalue weighted by molar-refractivity contribution is -0.139. The van der Waals surface area contributed by atoms with Gasteiger partial charge in [-0.15, -0.1) is 0 Å². The molecule has 0 spiro atoms.